The summed E-state index contributed by atoms with van der Waals surface area (Å²) >= 11 is 3.36. The molecule has 1 aromatic heterocycles. The molecule has 20 heavy (non-hydrogen) atoms. The topological polar surface area (TPSA) is 59.4 Å². The molecule has 0 fully saturated rings. The van der Waals surface area contributed by atoms with Crippen molar-refractivity contribution < 1.29 is 14.6 Å². The van der Waals surface area contributed by atoms with Crippen LogP contribution in [0.2, 0.25) is 0 Å². The lowest BCUT2D eigenvalue weighted by Crippen LogP contribution is -2.02. The Morgan fingerprint density at radius 1 is 1.35 bits per heavy atom. The summed E-state index contributed by atoms with van der Waals surface area (Å²) in [6, 6.07) is 10.3. The highest BCUT2D eigenvalue weighted by molar-refractivity contribution is 9.10. The lowest BCUT2D eigenvalue weighted by molar-refractivity contribution is 0.0696. The Kier molecular flexibility index (Phi) is 4.74. The number of ether oxygens (including phenoxy) is 1. The van der Waals surface area contributed by atoms with Gasteiger partial charge >= 0.3 is 5.97 Å². The maximum absolute atomic E-state index is 11.1. The number of aromatic nitrogens is 1. The van der Waals surface area contributed by atoms with Gasteiger partial charge in [0.25, 0.3) is 0 Å². The van der Waals surface area contributed by atoms with Gasteiger partial charge in [0.2, 0.25) is 5.88 Å². The van der Waals surface area contributed by atoms with E-state index in [0.717, 1.165) is 23.0 Å². The molecule has 0 spiro atoms. The Hall–Kier alpha value is -1.88. The van der Waals surface area contributed by atoms with Gasteiger partial charge in [-0.15, -0.1) is 0 Å². The standard InChI is InChI=1S/C15H14BrNO3/c1-2-4-12-7-10(15(18)19)8-14(17-12)20-13-6-3-5-11(16)9-13/h3,5-9H,2,4H2,1H3,(H,18,19). The first-order valence-electron chi connectivity index (χ1n) is 6.26. The first kappa shape index (κ1) is 14.5. The third-order valence-corrected chi connectivity index (χ3v) is 3.12. The molecule has 2 aromatic rings. The van der Waals surface area contributed by atoms with Gasteiger partial charge < -0.3 is 9.84 Å². The van der Waals surface area contributed by atoms with E-state index in [1.165, 1.54) is 6.07 Å². The Balaban J connectivity index is 2.32. The molecule has 0 unspecified atom stereocenters. The second-order valence-electron chi connectivity index (χ2n) is 4.30. The van der Waals surface area contributed by atoms with Crippen molar-refractivity contribution in [2.75, 3.05) is 0 Å². The molecule has 104 valence electrons. The molecule has 0 saturated carbocycles. The Bertz CT molecular complexity index is 628. The summed E-state index contributed by atoms with van der Waals surface area (Å²) in [6.07, 6.45) is 1.61. The van der Waals surface area contributed by atoms with Gasteiger partial charge in [-0.2, -0.15) is 0 Å². The molecular weight excluding hydrogens is 322 g/mol. The summed E-state index contributed by atoms with van der Waals surface area (Å²) in [5, 5.41) is 9.12. The minimum atomic E-state index is -0.983. The van der Waals surface area contributed by atoms with Crippen molar-refractivity contribution in [3.63, 3.8) is 0 Å². The zero-order chi connectivity index (χ0) is 14.5. The van der Waals surface area contributed by atoms with Crippen LogP contribution < -0.4 is 4.74 Å². The van der Waals surface area contributed by atoms with Crippen molar-refractivity contribution >= 4 is 21.9 Å². The number of aryl methyl sites for hydroxylation is 1. The third kappa shape index (κ3) is 3.81. The number of carbonyl (C=O) groups is 1. The van der Waals surface area contributed by atoms with Crippen molar-refractivity contribution in [3.05, 3.63) is 52.1 Å². The minimum absolute atomic E-state index is 0.188. The molecule has 4 nitrogen and oxygen atoms in total. The number of hydrogen-bond donors (Lipinski definition) is 1. The molecular formula is C15H14BrNO3. The van der Waals surface area contributed by atoms with Crippen molar-refractivity contribution in [2.24, 2.45) is 0 Å². The molecule has 0 aliphatic heterocycles. The summed E-state index contributed by atoms with van der Waals surface area (Å²) < 4.78 is 6.52. The van der Waals surface area contributed by atoms with Crippen LogP contribution in [0, 0.1) is 0 Å². The first-order chi connectivity index (χ1) is 9.58. The number of halogens is 1. The summed E-state index contributed by atoms with van der Waals surface area (Å²) in [5.41, 5.74) is 0.908. The molecule has 0 aliphatic rings. The first-order valence-corrected chi connectivity index (χ1v) is 7.05. The van der Waals surface area contributed by atoms with Gasteiger partial charge in [0, 0.05) is 16.2 Å². The average Bonchev–Trinajstić information content (AvgIpc) is 2.38. The smallest absolute Gasteiger partial charge is 0.335 e. The number of nitrogens with zero attached hydrogens (tertiary/aromatic N) is 1. The number of pyridine rings is 1. The number of rotatable bonds is 5. The predicted octanol–water partition coefficient (Wildman–Crippen LogP) is 4.29. The van der Waals surface area contributed by atoms with E-state index in [2.05, 4.69) is 20.9 Å². The van der Waals surface area contributed by atoms with Crippen LogP contribution in [0.4, 0.5) is 0 Å². The minimum Gasteiger partial charge on any atom is -0.478 e. The van der Waals surface area contributed by atoms with Gasteiger partial charge in [0.05, 0.1) is 5.56 Å². The highest BCUT2D eigenvalue weighted by atomic mass is 79.9. The average molecular weight is 336 g/mol. The SMILES string of the molecule is CCCc1cc(C(=O)O)cc(Oc2cccc(Br)c2)n1. The van der Waals surface area contributed by atoms with E-state index >= 15 is 0 Å². The van der Waals surface area contributed by atoms with Crippen molar-refractivity contribution in [1.82, 2.24) is 4.98 Å². The predicted molar refractivity (Wildman–Crippen MR) is 79.4 cm³/mol. The number of benzene rings is 1. The van der Waals surface area contributed by atoms with E-state index in [1.807, 2.05) is 19.1 Å². The van der Waals surface area contributed by atoms with E-state index in [1.54, 1.807) is 18.2 Å². The Labute approximate surface area is 125 Å². The van der Waals surface area contributed by atoms with Crippen molar-refractivity contribution in [2.45, 2.75) is 19.8 Å². The fourth-order valence-electron chi connectivity index (χ4n) is 1.77. The van der Waals surface area contributed by atoms with Gasteiger partial charge in [-0.1, -0.05) is 35.3 Å². The number of hydrogen-bond acceptors (Lipinski definition) is 3. The quantitative estimate of drug-likeness (QED) is 0.885. The normalized spacial score (nSPS) is 10.3. The maximum Gasteiger partial charge on any atom is 0.335 e. The van der Waals surface area contributed by atoms with E-state index in [0.29, 0.717) is 11.6 Å². The molecule has 0 amide bonds. The number of carboxylic acids is 1. The molecule has 1 N–H and O–H groups in total. The highest BCUT2D eigenvalue weighted by Gasteiger charge is 2.10. The van der Waals surface area contributed by atoms with Crippen LogP contribution in [0.25, 0.3) is 0 Å². The highest BCUT2D eigenvalue weighted by Crippen LogP contribution is 2.24. The van der Waals surface area contributed by atoms with E-state index in [-0.39, 0.29) is 5.56 Å². The molecule has 0 saturated heterocycles. The van der Waals surface area contributed by atoms with Crippen LogP contribution in [-0.2, 0) is 6.42 Å². The largest absolute Gasteiger partial charge is 0.478 e. The van der Waals surface area contributed by atoms with Crippen LogP contribution >= 0.6 is 15.9 Å². The van der Waals surface area contributed by atoms with Gasteiger partial charge in [-0.3, -0.25) is 0 Å². The second kappa shape index (κ2) is 6.52. The van der Waals surface area contributed by atoms with Gasteiger partial charge in [-0.05, 0) is 30.7 Å². The summed E-state index contributed by atoms with van der Waals surface area (Å²) in [4.78, 5) is 15.5. The molecule has 0 atom stereocenters. The summed E-state index contributed by atoms with van der Waals surface area (Å²) in [5.74, 6) is -0.0767. The van der Waals surface area contributed by atoms with Gasteiger partial charge in [-0.25, -0.2) is 9.78 Å². The van der Waals surface area contributed by atoms with Gasteiger partial charge in [0.15, 0.2) is 0 Å². The lowest BCUT2D eigenvalue weighted by atomic mass is 10.1. The maximum atomic E-state index is 11.1. The Morgan fingerprint density at radius 3 is 2.80 bits per heavy atom. The van der Waals surface area contributed by atoms with Crippen LogP contribution in [0.15, 0.2) is 40.9 Å². The fraction of sp³-hybridized carbons (Fsp3) is 0.200. The van der Waals surface area contributed by atoms with Crippen molar-refractivity contribution in [3.8, 4) is 11.6 Å². The molecule has 1 aromatic carbocycles. The zero-order valence-corrected chi connectivity index (χ0v) is 12.6. The third-order valence-electron chi connectivity index (χ3n) is 2.63. The molecule has 5 heteroatoms. The summed E-state index contributed by atoms with van der Waals surface area (Å²) in [6.45, 7) is 2.02. The van der Waals surface area contributed by atoms with E-state index in [9.17, 15) is 4.79 Å². The fourth-order valence-corrected chi connectivity index (χ4v) is 2.15. The molecule has 0 bridgehead atoms. The zero-order valence-electron chi connectivity index (χ0n) is 11.0. The van der Waals surface area contributed by atoms with Crippen molar-refractivity contribution in [1.29, 1.82) is 0 Å². The number of carboxylic acid groups (broad SMARTS) is 1. The molecule has 0 radical (unpaired) electrons. The van der Waals surface area contributed by atoms with Crippen LogP contribution in [-0.4, -0.2) is 16.1 Å². The lowest BCUT2D eigenvalue weighted by Gasteiger charge is -2.08. The van der Waals surface area contributed by atoms with E-state index in [4.69, 9.17) is 9.84 Å². The molecule has 1 heterocycles. The summed E-state index contributed by atoms with van der Waals surface area (Å²) in [7, 11) is 0. The monoisotopic (exact) mass is 335 g/mol. The Morgan fingerprint density at radius 2 is 2.15 bits per heavy atom. The molecule has 0 aliphatic carbocycles. The van der Waals surface area contributed by atoms with Gasteiger partial charge in [0.1, 0.15) is 5.75 Å². The molecule has 2 rings (SSSR count). The van der Waals surface area contributed by atoms with Crippen LogP contribution in [0.5, 0.6) is 11.6 Å². The van der Waals surface area contributed by atoms with Crippen LogP contribution in [0.1, 0.15) is 29.4 Å². The second-order valence-corrected chi connectivity index (χ2v) is 5.22. The van der Waals surface area contributed by atoms with Crippen LogP contribution in [0.3, 0.4) is 0 Å². The van der Waals surface area contributed by atoms with E-state index < -0.39 is 5.97 Å². The number of aromatic carboxylic acids is 1.